The first kappa shape index (κ1) is 27.4. The van der Waals surface area contributed by atoms with Crippen molar-refractivity contribution in [1.82, 2.24) is 0 Å². The topological polar surface area (TPSA) is 77.9 Å². The standard InChI is InChI=1S/C32H27ClN2O4/c1-3-4-10-30(36)35(28-8-6-5-7-9-28)29-20-23(19-24(21-29)32(38)39)31(37)22-11-15-26(16-12-22)34(2)27-17-13-25(33)14-18-27/h3,5-9,11-21H,1,4,10H2,2H3,(H,38,39). The number of ketones is 1. The summed E-state index contributed by atoms with van der Waals surface area (Å²) in [4.78, 5) is 42.1. The molecule has 0 aliphatic heterocycles. The first-order valence-corrected chi connectivity index (χ1v) is 12.7. The van der Waals surface area contributed by atoms with Gasteiger partial charge in [-0.25, -0.2) is 4.79 Å². The zero-order valence-electron chi connectivity index (χ0n) is 21.4. The van der Waals surface area contributed by atoms with Gasteiger partial charge in [0.25, 0.3) is 0 Å². The molecule has 6 nitrogen and oxygen atoms in total. The van der Waals surface area contributed by atoms with Gasteiger partial charge >= 0.3 is 5.97 Å². The fourth-order valence-corrected chi connectivity index (χ4v) is 4.29. The highest BCUT2D eigenvalue weighted by molar-refractivity contribution is 6.30. The molecule has 0 bridgehead atoms. The second-order valence-electron chi connectivity index (χ2n) is 8.88. The molecule has 0 atom stereocenters. The van der Waals surface area contributed by atoms with E-state index in [0.29, 0.717) is 28.4 Å². The zero-order chi connectivity index (χ0) is 27.9. The van der Waals surface area contributed by atoms with Crippen molar-refractivity contribution in [3.05, 3.63) is 131 Å². The van der Waals surface area contributed by atoms with E-state index in [9.17, 15) is 19.5 Å². The monoisotopic (exact) mass is 538 g/mol. The molecular formula is C32H27ClN2O4. The lowest BCUT2D eigenvalue weighted by molar-refractivity contribution is -0.117. The zero-order valence-corrected chi connectivity index (χ0v) is 22.1. The molecule has 4 rings (SSSR count). The van der Waals surface area contributed by atoms with Crippen molar-refractivity contribution < 1.29 is 19.5 Å². The van der Waals surface area contributed by atoms with Gasteiger partial charge in [0.15, 0.2) is 5.78 Å². The van der Waals surface area contributed by atoms with E-state index in [0.717, 1.165) is 11.4 Å². The summed E-state index contributed by atoms with van der Waals surface area (Å²) in [5, 5.41) is 10.4. The number of amides is 1. The van der Waals surface area contributed by atoms with Crippen molar-refractivity contribution in [2.75, 3.05) is 16.8 Å². The van der Waals surface area contributed by atoms with Gasteiger partial charge in [-0.05, 0) is 85.3 Å². The molecule has 0 aliphatic rings. The molecule has 1 amide bonds. The fraction of sp³-hybridized carbons (Fsp3) is 0.0938. The van der Waals surface area contributed by atoms with Crippen molar-refractivity contribution in [1.29, 1.82) is 0 Å². The van der Waals surface area contributed by atoms with Gasteiger partial charge in [-0.3, -0.25) is 14.5 Å². The number of carboxylic acids is 1. The van der Waals surface area contributed by atoms with Crippen LogP contribution in [0.15, 0.2) is 110 Å². The third kappa shape index (κ3) is 6.43. The maximum Gasteiger partial charge on any atom is 0.335 e. The van der Waals surface area contributed by atoms with Crippen LogP contribution in [-0.2, 0) is 4.79 Å². The molecule has 0 fully saturated rings. The van der Waals surface area contributed by atoms with E-state index < -0.39 is 5.97 Å². The molecule has 4 aromatic rings. The SMILES string of the molecule is C=CCCC(=O)N(c1ccccc1)c1cc(C(=O)O)cc(C(=O)c2ccc(N(C)c3ccc(Cl)cc3)cc2)c1. The molecular weight excluding hydrogens is 512 g/mol. The van der Waals surface area contributed by atoms with Gasteiger partial charge in [-0.15, -0.1) is 6.58 Å². The highest BCUT2D eigenvalue weighted by Gasteiger charge is 2.22. The Morgan fingerprint density at radius 3 is 1.95 bits per heavy atom. The number of hydrogen-bond acceptors (Lipinski definition) is 4. The number of aromatic carboxylic acids is 1. The first-order valence-electron chi connectivity index (χ1n) is 12.3. The molecule has 4 aromatic carbocycles. The van der Waals surface area contributed by atoms with Gasteiger partial charge < -0.3 is 10.0 Å². The summed E-state index contributed by atoms with van der Waals surface area (Å²) in [6, 6.07) is 27.7. The number of anilines is 4. The second kappa shape index (κ2) is 12.2. The molecule has 39 heavy (non-hydrogen) atoms. The number of para-hydroxylation sites is 1. The van der Waals surface area contributed by atoms with Crippen molar-refractivity contribution in [3.8, 4) is 0 Å². The first-order chi connectivity index (χ1) is 18.8. The average molecular weight is 539 g/mol. The van der Waals surface area contributed by atoms with Crippen LogP contribution in [0.4, 0.5) is 22.7 Å². The van der Waals surface area contributed by atoms with Crippen LogP contribution in [0.25, 0.3) is 0 Å². The lowest BCUT2D eigenvalue weighted by Gasteiger charge is -2.24. The number of rotatable bonds is 10. The van der Waals surface area contributed by atoms with Gasteiger partial charge in [0.05, 0.1) is 11.3 Å². The van der Waals surface area contributed by atoms with Crippen molar-refractivity contribution >= 4 is 52.0 Å². The molecule has 0 aliphatic carbocycles. The number of carbonyl (C=O) groups is 3. The van der Waals surface area contributed by atoms with Crippen LogP contribution in [0.3, 0.4) is 0 Å². The van der Waals surface area contributed by atoms with E-state index in [2.05, 4.69) is 6.58 Å². The Hall–Kier alpha value is -4.68. The Kier molecular flexibility index (Phi) is 8.59. The Labute approximate surface area is 232 Å². The van der Waals surface area contributed by atoms with Crippen LogP contribution in [0, 0.1) is 0 Å². The Morgan fingerprint density at radius 2 is 1.36 bits per heavy atom. The lowest BCUT2D eigenvalue weighted by Crippen LogP contribution is -2.26. The maximum absolute atomic E-state index is 13.5. The number of halogens is 1. The Morgan fingerprint density at radius 1 is 0.769 bits per heavy atom. The van der Waals surface area contributed by atoms with Gasteiger partial charge in [0.1, 0.15) is 0 Å². The minimum absolute atomic E-state index is 0.0904. The molecule has 0 spiro atoms. The van der Waals surface area contributed by atoms with E-state index in [-0.39, 0.29) is 29.2 Å². The maximum atomic E-state index is 13.5. The highest BCUT2D eigenvalue weighted by Crippen LogP contribution is 2.30. The van der Waals surface area contributed by atoms with Crippen LogP contribution in [0.2, 0.25) is 5.02 Å². The van der Waals surface area contributed by atoms with E-state index >= 15 is 0 Å². The van der Waals surface area contributed by atoms with Gasteiger partial charge in [0.2, 0.25) is 5.91 Å². The third-order valence-corrected chi connectivity index (χ3v) is 6.49. The predicted octanol–water partition coefficient (Wildman–Crippen LogP) is 7.67. The number of carboxylic acid groups (broad SMARTS) is 1. The van der Waals surface area contributed by atoms with Crippen LogP contribution in [0.1, 0.15) is 39.1 Å². The van der Waals surface area contributed by atoms with E-state index in [1.54, 1.807) is 60.7 Å². The smallest absolute Gasteiger partial charge is 0.335 e. The largest absolute Gasteiger partial charge is 0.478 e. The summed E-state index contributed by atoms with van der Waals surface area (Å²) in [6.07, 6.45) is 2.29. The minimum atomic E-state index is -1.20. The quantitative estimate of drug-likeness (QED) is 0.165. The molecule has 0 heterocycles. The number of allylic oxidation sites excluding steroid dienone is 1. The van der Waals surface area contributed by atoms with Crippen molar-refractivity contribution in [2.45, 2.75) is 12.8 Å². The molecule has 0 radical (unpaired) electrons. The summed E-state index contributed by atoms with van der Waals surface area (Å²) in [5.41, 5.74) is 3.13. The normalized spacial score (nSPS) is 10.5. The van der Waals surface area contributed by atoms with Gasteiger partial charge in [-0.2, -0.15) is 0 Å². The summed E-state index contributed by atoms with van der Waals surface area (Å²) in [7, 11) is 1.91. The average Bonchev–Trinajstić information content (AvgIpc) is 2.96. The fourth-order valence-electron chi connectivity index (χ4n) is 4.16. The molecule has 7 heteroatoms. The summed E-state index contributed by atoms with van der Waals surface area (Å²) in [5.74, 6) is -1.79. The van der Waals surface area contributed by atoms with E-state index in [1.165, 1.54) is 17.0 Å². The Bertz CT molecular complexity index is 1500. The van der Waals surface area contributed by atoms with Crippen LogP contribution < -0.4 is 9.80 Å². The van der Waals surface area contributed by atoms with Crippen LogP contribution >= 0.6 is 11.6 Å². The van der Waals surface area contributed by atoms with Crippen LogP contribution in [0.5, 0.6) is 0 Å². The number of hydrogen-bond donors (Lipinski definition) is 1. The number of carbonyl (C=O) groups excluding carboxylic acids is 2. The molecule has 0 saturated carbocycles. The molecule has 196 valence electrons. The third-order valence-electron chi connectivity index (χ3n) is 6.24. The molecule has 0 aromatic heterocycles. The number of nitrogens with zero attached hydrogens (tertiary/aromatic N) is 2. The minimum Gasteiger partial charge on any atom is -0.478 e. The second-order valence-corrected chi connectivity index (χ2v) is 9.31. The number of benzene rings is 4. The predicted molar refractivity (Wildman–Crippen MR) is 156 cm³/mol. The highest BCUT2D eigenvalue weighted by atomic mass is 35.5. The summed E-state index contributed by atoms with van der Waals surface area (Å²) in [6.45, 7) is 3.68. The molecule has 1 N–H and O–H groups in total. The van der Waals surface area contributed by atoms with Gasteiger partial charge in [-0.1, -0.05) is 35.9 Å². The Balaban J connectivity index is 1.70. The van der Waals surface area contributed by atoms with Crippen LogP contribution in [-0.4, -0.2) is 29.8 Å². The van der Waals surface area contributed by atoms with Crippen molar-refractivity contribution in [3.63, 3.8) is 0 Å². The van der Waals surface area contributed by atoms with Crippen molar-refractivity contribution in [2.24, 2.45) is 0 Å². The molecule has 0 saturated heterocycles. The lowest BCUT2D eigenvalue weighted by atomic mass is 9.99. The van der Waals surface area contributed by atoms with E-state index in [1.807, 2.05) is 42.3 Å². The summed E-state index contributed by atoms with van der Waals surface area (Å²) >= 11 is 5.99. The molecule has 0 unspecified atom stereocenters. The van der Waals surface area contributed by atoms with Gasteiger partial charge in [0, 0.05) is 46.7 Å². The summed E-state index contributed by atoms with van der Waals surface area (Å²) < 4.78 is 0. The van der Waals surface area contributed by atoms with E-state index in [4.69, 9.17) is 11.6 Å².